The normalized spacial score (nSPS) is 11.7. The lowest BCUT2D eigenvalue weighted by atomic mass is 10.1. The second kappa shape index (κ2) is 11.9. The van der Waals surface area contributed by atoms with Gasteiger partial charge in [0, 0.05) is 17.2 Å². The number of carbonyl (C=O) groups is 1. The number of esters is 1. The van der Waals surface area contributed by atoms with Gasteiger partial charge in [-0.15, -0.1) is 0 Å². The smallest absolute Gasteiger partial charge is 0.311 e. The van der Waals surface area contributed by atoms with Crippen LogP contribution in [-0.2, 0) is 14.9 Å². The van der Waals surface area contributed by atoms with Crippen molar-refractivity contribution < 1.29 is 22.5 Å². The molecule has 0 atom stereocenters. The molecule has 6 heteroatoms. The maximum Gasteiger partial charge on any atom is 0.311 e. The highest BCUT2D eigenvalue weighted by atomic mass is 32.2. The lowest BCUT2D eigenvalue weighted by molar-refractivity contribution is -0.134. The monoisotopic (exact) mass is 420 g/mol. The first-order valence-electron chi connectivity index (χ1n) is 10.6. The number of ether oxygens (including phenoxy) is 1. The van der Waals surface area contributed by atoms with Crippen LogP contribution in [0.5, 0.6) is 5.75 Å². The molecule has 0 heterocycles. The van der Waals surface area contributed by atoms with Crippen molar-refractivity contribution in [3.8, 4) is 5.75 Å². The van der Waals surface area contributed by atoms with Gasteiger partial charge in [-0.3, -0.25) is 9.35 Å². The molecule has 2 aromatic carbocycles. The highest BCUT2D eigenvalue weighted by molar-refractivity contribution is 7.86. The van der Waals surface area contributed by atoms with Crippen LogP contribution < -0.4 is 4.74 Å². The van der Waals surface area contributed by atoms with Crippen molar-refractivity contribution in [1.29, 1.82) is 0 Å². The number of hydrogen-bond acceptors (Lipinski definition) is 4. The maximum atomic E-state index is 12.2. The van der Waals surface area contributed by atoms with Gasteiger partial charge in [0.05, 0.1) is 0 Å². The number of fused-ring (bicyclic) bond motifs is 1. The predicted octanol–water partition coefficient (Wildman–Crippen LogP) is 6.30. The highest BCUT2D eigenvalue weighted by Gasteiger charge is 2.17. The van der Waals surface area contributed by atoms with Crippen LogP contribution in [-0.4, -0.2) is 18.9 Å². The molecule has 160 valence electrons. The molecule has 29 heavy (non-hydrogen) atoms. The Bertz CT molecular complexity index is 889. The molecule has 0 aliphatic heterocycles. The van der Waals surface area contributed by atoms with Crippen molar-refractivity contribution >= 4 is 26.9 Å². The molecule has 0 aromatic heterocycles. The molecule has 0 unspecified atom stereocenters. The van der Waals surface area contributed by atoms with Crippen LogP contribution in [0.1, 0.15) is 77.6 Å². The van der Waals surface area contributed by atoms with E-state index in [0.29, 0.717) is 22.9 Å². The van der Waals surface area contributed by atoms with Crippen molar-refractivity contribution in [2.75, 3.05) is 0 Å². The molecule has 2 aromatic rings. The van der Waals surface area contributed by atoms with Gasteiger partial charge in [0.2, 0.25) is 0 Å². The average Bonchev–Trinajstić information content (AvgIpc) is 2.68. The van der Waals surface area contributed by atoms with Crippen LogP contribution in [0, 0.1) is 0 Å². The molecule has 0 aliphatic rings. The first-order valence-corrected chi connectivity index (χ1v) is 12.1. The molecular weight excluding hydrogens is 388 g/mol. The molecule has 0 saturated heterocycles. The van der Waals surface area contributed by atoms with Crippen LogP contribution in [0.2, 0.25) is 0 Å². The van der Waals surface area contributed by atoms with E-state index in [2.05, 4.69) is 6.92 Å². The number of carbonyl (C=O) groups excluding carboxylic acids is 1. The summed E-state index contributed by atoms with van der Waals surface area (Å²) in [5, 5.41) is 0.818. The molecule has 0 bridgehead atoms. The molecule has 0 fully saturated rings. The molecular formula is C23H32O5S. The summed E-state index contributed by atoms with van der Waals surface area (Å²) in [5.74, 6) is -0.0144. The van der Waals surface area contributed by atoms with Gasteiger partial charge in [-0.2, -0.15) is 8.42 Å². The third-order valence-corrected chi connectivity index (χ3v) is 5.99. The summed E-state index contributed by atoms with van der Waals surface area (Å²) in [7, 11) is -4.35. The fourth-order valence-corrected chi connectivity index (χ4v) is 4.18. The van der Waals surface area contributed by atoms with Crippen LogP contribution in [0.25, 0.3) is 10.8 Å². The third-order valence-electron chi connectivity index (χ3n) is 5.08. The summed E-state index contributed by atoms with van der Waals surface area (Å²) in [6, 6.07) is 9.34. The summed E-state index contributed by atoms with van der Waals surface area (Å²) < 4.78 is 37.9. The highest BCUT2D eigenvalue weighted by Crippen LogP contribution is 2.31. The third kappa shape index (κ3) is 7.78. The van der Waals surface area contributed by atoms with Crippen LogP contribution in [0.4, 0.5) is 0 Å². The number of rotatable bonds is 13. The summed E-state index contributed by atoms with van der Waals surface area (Å²) in [6.07, 6.45) is 12.3. The van der Waals surface area contributed by atoms with E-state index in [0.717, 1.165) is 19.3 Å². The minimum atomic E-state index is -4.35. The zero-order valence-electron chi connectivity index (χ0n) is 17.2. The van der Waals surface area contributed by atoms with Crippen LogP contribution in [0.3, 0.4) is 0 Å². The minimum Gasteiger partial charge on any atom is -0.426 e. The van der Waals surface area contributed by atoms with Crippen molar-refractivity contribution in [1.82, 2.24) is 0 Å². The molecule has 0 saturated carbocycles. The molecule has 0 radical (unpaired) electrons. The Morgan fingerprint density at radius 3 is 1.97 bits per heavy atom. The summed E-state index contributed by atoms with van der Waals surface area (Å²) in [5.41, 5.74) is 0. The van der Waals surface area contributed by atoms with Gasteiger partial charge < -0.3 is 4.74 Å². The van der Waals surface area contributed by atoms with Gasteiger partial charge in [0.25, 0.3) is 10.1 Å². The lowest BCUT2D eigenvalue weighted by Gasteiger charge is -2.10. The van der Waals surface area contributed by atoms with Gasteiger partial charge in [-0.1, -0.05) is 89.0 Å². The van der Waals surface area contributed by atoms with E-state index >= 15 is 0 Å². The number of unbranched alkanes of at least 4 members (excludes halogenated alkanes) is 9. The van der Waals surface area contributed by atoms with Gasteiger partial charge in [0.1, 0.15) is 10.6 Å². The Labute approximate surface area is 174 Å². The van der Waals surface area contributed by atoms with E-state index < -0.39 is 10.1 Å². The molecule has 0 spiro atoms. The molecule has 5 nitrogen and oxygen atoms in total. The van der Waals surface area contributed by atoms with Crippen molar-refractivity contribution in [3.05, 3.63) is 36.4 Å². The maximum absolute atomic E-state index is 12.2. The van der Waals surface area contributed by atoms with E-state index in [1.807, 2.05) is 0 Å². The van der Waals surface area contributed by atoms with Crippen molar-refractivity contribution in [3.63, 3.8) is 0 Å². The zero-order valence-corrected chi connectivity index (χ0v) is 18.0. The minimum absolute atomic E-state index is 0.192. The molecule has 1 N–H and O–H groups in total. The first kappa shape index (κ1) is 23.4. The van der Waals surface area contributed by atoms with Crippen molar-refractivity contribution in [2.24, 2.45) is 0 Å². The van der Waals surface area contributed by atoms with Crippen molar-refractivity contribution in [2.45, 2.75) is 82.4 Å². The van der Waals surface area contributed by atoms with E-state index in [1.54, 1.807) is 24.3 Å². The lowest BCUT2D eigenvalue weighted by Crippen LogP contribution is -2.08. The van der Waals surface area contributed by atoms with E-state index in [9.17, 15) is 17.8 Å². The standard InChI is InChI=1S/C23H32O5S/c1-2-3-4-5-6-7-8-9-10-11-16-23(24)28-21-17-18-22(29(25,26)27)20-15-13-12-14-19(20)21/h12-15,17-18H,2-11,16H2,1H3,(H,25,26,27). The number of benzene rings is 2. The fraction of sp³-hybridized carbons (Fsp3) is 0.522. The summed E-state index contributed by atoms with van der Waals surface area (Å²) >= 11 is 0. The summed E-state index contributed by atoms with van der Waals surface area (Å²) in [6.45, 7) is 2.22. The fourth-order valence-electron chi connectivity index (χ4n) is 3.49. The number of hydrogen-bond donors (Lipinski definition) is 1. The zero-order chi connectivity index (χ0) is 21.1. The SMILES string of the molecule is CCCCCCCCCCCCC(=O)Oc1ccc(S(=O)(=O)O)c2ccccc12. The van der Waals surface area contributed by atoms with E-state index in [-0.39, 0.29) is 10.9 Å². The Kier molecular flexibility index (Phi) is 9.61. The van der Waals surface area contributed by atoms with E-state index in [1.165, 1.54) is 57.1 Å². The van der Waals surface area contributed by atoms with Gasteiger partial charge >= 0.3 is 5.97 Å². The van der Waals surface area contributed by atoms with Crippen LogP contribution in [0.15, 0.2) is 41.3 Å². The quantitative estimate of drug-likeness (QED) is 0.178. The molecule has 2 rings (SSSR count). The average molecular weight is 421 g/mol. The topological polar surface area (TPSA) is 80.7 Å². The van der Waals surface area contributed by atoms with Gasteiger partial charge in [0.15, 0.2) is 0 Å². The summed E-state index contributed by atoms with van der Waals surface area (Å²) in [4.78, 5) is 12.0. The second-order valence-electron chi connectivity index (χ2n) is 7.49. The molecule has 0 amide bonds. The largest absolute Gasteiger partial charge is 0.426 e. The Morgan fingerprint density at radius 2 is 1.38 bits per heavy atom. The van der Waals surface area contributed by atoms with Gasteiger partial charge in [-0.25, -0.2) is 0 Å². The second-order valence-corrected chi connectivity index (χ2v) is 8.88. The Hall–Kier alpha value is -1.92. The molecule has 0 aliphatic carbocycles. The Balaban J connectivity index is 1.78. The predicted molar refractivity (Wildman–Crippen MR) is 116 cm³/mol. The van der Waals surface area contributed by atoms with E-state index in [4.69, 9.17) is 4.74 Å². The Morgan fingerprint density at radius 1 is 0.828 bits per heavy atom. The first-order chi connectivity index (χ1) is 13.9. The van der Waals surface area contributed by atoms with Gasteiger partial charge in [-0.05, 0) is 18.6 Å². The van der Waals surface area contributed by atoms with Crippen LogP contribution >= 0.6 is 0 Å².